The summed E-state index contributed by atoms with van der Waals surface area (Å²) in [4.78, 5) is 41.4. The highest BCUT2D eigenvalue weighted by Crippen LogP contribution is 2.32. The van der Waals surface area contributed by atoms with Crippen molar-refractivity contribution in [3.8, 4) is 11.4 Å². The van der Waals surface area contributed by atoms with E-state index >= 15 is 0 Å². The summed E-state index contributed by atoms with van der Waals surface area (Å²) in [5.41, 5.74) is 5.55. The van der Waals surface area contributed by atoms with E-state index in [-0.39, 0.29) is 23.6 Å². The first-order valence-electron chi connectivity index (χ1n) is 12.5. The van der Waals surface area contributed by atoms with Crippen LogP contribution in [0.15, 0.2) is 46.0 Å². The highest BCUT2D eigenvalue weighted by Gasteiger charge is 2.34. The SMILES string of the molecule is C[C@@H](Cc1ccsc1)Nc1cc[nH]c(=O)c1-c1nc2cc3c(cc2[nH]1)CN(C1CCN(C)CC1)C3=O. The van der Waals surface area contributed by atoms with Gasteiger partial charge in [0.15, 0.2) is 0 Å². The zero-order valence-corrected chi connectivity index (χ0v) is 21.3. The van der Waals surface area contributed by atoms with Crippen molar-refractivity contribution in [2.45, 2.75) is 44.8 Å². The predicted octanol–water partition coefficient (Wildman–Crippen LogP) is 4.07. The molecule has 1 atom stereocenters. The summed E-state index contributed by atoms with van der Waals surface area (Å²) in [6.45, 7) is 4.77. The maximum atomic E-state index is 13.3. The van der Waals surface area contributed by atoms with Gasteiger partial charge in [-0.1, -0.05) is 0 Å². The van der Waals surface area contributed by atoms with Crippen molar-refractivity contribution in [2.24, 2.45) is 0 Å². The lowest BCUT2D eigenvalue weighted by Gasteiger charge is -2.34. The molecule has 4 aromatic rings. The number of hydrogen-bond acceptors (Lipinski definition) is 6. The van der Waals surface area contributed by atoms with E-state index in [1.54, 1.807) is 17.5 Å². The minimum atomic E-state index is -0.209. The quantitative estimate of drug-likeness (QED) is 0.369. The van der Waals surface area contributed by atoms with Crippen molar-refractivity contribution in [1.29, 1.82) is 0 Å². The number of benzene rings is 1. The number of aromatic nitrogens is 3. The van der Waals surface area contributed by atoms with Gasteiger partial charge in [-0.2, -0.15) is 11.3 Å². The summed E-state index contributed by atoms with van der Waals surface area (Å²) in [6.07, 6.45) is 4.53. The normalized spacial score (nSPS) is 17.6. The van der Waals surface area contributed by atoms with E-state index in [1.807, 2.05) is 23.1 Å². The van der Waals surface area contributed by atoms with Crippen LogP contribution in [0.2, 0.25) is 0 Å². The van der Waals surface area contributed by atoms with Crippen LogP contribution in [0.25, 0.3) is 22.4 Å². The molecule has 0 unspecified atom stereocenters. The first-order chi connectivity index (χ1) is 17.5. The van der Waals surface area contributed by atoms with Gasteiger partial charge in [-0.25, -0.2) is 4.98 Å². The molecule has 0 saturated carbocycles. The highest BCUT2D eigenvalue weighted by molar-refractivity contribution is 7.07. The summed E-state index contributed by atoms with van der Waals surface area (Å²) in [5.74, 6) is 0.591. The Morgan fingerprint density at radius 3 is 2.83 bits per heavy atom. The molecule has 9 heteroatoms. The second-order valence-electron chi connectivity index (χ2n) is 10.1. The number of nitrogens with one attached hydrogen (secondary N) is 3. The fraction of sp³-hybridized carbons (Fsp3) is 0.370. The number of pyridine rings is 1. The van der Waals surface area contributed by atoms with E-state index in [0.29, 0.717) is 23.4 Å². The number of carbonyl (C=O) groups excluding carboxylic acids is 1. The number of thiophene rings is 1. The topological polar surface area (TPSA) is 97.1 Å². The number of amides is 1. The number of carbonyl (C=O) groups is 1. The number of H-pyrrole nitrogens is 2. The summed E-state index contributed by atoms with van der Waals surface area (Å²) in [5, 5.41) is 7.71. The van der Waals surface area contributed by atoms with Crippen LogP contribution in [-0.2, 0) is 13.0 Å². The lowest BCUT2D eigenvalue weighted by Crippen LogP contribution is -2.43. The van der Waals surface area contributed by atoms with E-state index in [0.717, 1.165) is 54.7 Å². The Kier molecular flexibility index (Phi) is 5.89. The molecule has 0 spiro atoms. The Balaban J connectivity index is 1.28. The number of imidazole rings is 1. The number of nitrogens with zero attached hydrogens (tertiary/aromatic N) is 3. The molecule has 1 aromatic carbocycles. The Bertz CT molecular complexity index is 1470. The number of piperidine rings is 1. The molecule has 5 heterocycles. The smallest absolute Gasteiger partial charge is 0.261 e. The number of aromatic amines is 2. The van der Waals surface area contributed by atoms with Crippen molar-refractivity contribution in [1.82, 2.24) is 24.8 Å². The van der Waals surface area contributed by atoms with Gasteiger partial charge in [-0.15, -0.1) is 0 Å². The van der Waals surface area contributed by atoms with Crippen LogP contribution in [0, 0.1) is 0 Å². The third-order valence-corrected chi connectivity index (χ3v) is 8.12. The largest absolute Gasteiger partial charge is 0.381 e. The van der Waals surface area contributed by atoms with Gasteiger partial charge < -0.3 is 25.1 Å². The van der Waals surface area contributed by atoms with Crippen LogP contribution in [0.3, 0.4) is 0 Å². The summed E-state index contributed by atoms with van der Waals surface area (Å²) >= 11 is 1.68. The third kappa shape index (κ3) is 4.22. The van der Waals surface area contributed by atoms with Gasteiger partial charge >= 0.3 is 0 Å². The monoisotopic (exact) mass is 502 g/mol. The molecule has 0 aliphatic carbocycles. The molecule has 36 heavy (non-hydrogen) atoms. The first kappa shape index (κ1) is 23.0. The summed E-state index contributed by atoms with van der Waals surface area (Å²) in [7, 11) is 2.13. The van der Waals surface area contributed by atoms with Crippen molar-refractivity contribution < 1.29 is 4.79 Å². The van der Waals surface area contributed by atoms with E-state index in [4.69, 9.17) is 4.98 Å². The maximum absolute atomic E-state index is 13.3. The summed E-state index contributed by atoms with van der Waals surface area (Å²) < 4.78 is 0. The number of likely N-dealkylation sites (tertiary alicyclic amines) is 1. The highest BCUT2D eigenvalue weighted by atomic mass is 32.1. The van der Waals surface area contributed by atoms with Gasteiger partial charge in [-0.3, -0.25) is 9.59 Å². The van der Waals surface area contributed by atoms with Crippen LogP contribution in [0.1, 0.15) is 41.3 Å². The fourth-order valence-corrected chi connectivity index (χ4v) is 6.16. The van der Waals surface area contributed by atoms with Crippen LogP contribution in [-0.4, -0.2) is 62.9 Å². The van der Waals surface area contributed by atoms with Crippen molar-refractivity contribution in [3.63, 3.8) is 0 Å². The van der Waals surface area contributed by atoms with Crippen LogP contribution in [0.4, 0.5) is 5.69 Å². The van der Waals surface area contributed by atoms with Crippen molar-refractivity contribution in [2.75, 3.05) is 25.5 Å². The molecule has 1 amide bonds. The lowest BCUT2D eigenvalue weighted by atomic mass is 10.0. The van der Waals surface area contributed by atoms with Gasteiger partial charge in [0.2, 0.25) is 0 Å². The average Bonchev–Trinajstić information content (AvgIpc) is 3.58. The van der Waals surface area contributed by atoms with Gasteiger partial charge in [0.05, 0.1) is 16.7 Å². The third-order valence-electron chi connectivity index (χ3n) is 7.39. The minimum Gasteiger partial charge on any atom is -0.381 e. The predicted molar refractivity (Wildman–Crippen MR) is 144 cm³/mol. The molecule has 8 nitrogen and oxygen atoms in total. The van der Waals surface area contributed by atoms with Crippen molar-refractivity contribution in [3.05, 3.63) is 68.3 Å². The second-order valence-corrected chi connectivity index (χ2v) is 10.8. The average molecular weight is 503 g/mol. The standard InChI is InChI=1S/C27H30N6O2S/c1-16(11-17-6-10-36-15-17)29-21-3-7-28-26(34)24(21)25-30-22-12-18-14-33(19-4-8-32(2)9-5-19)27(35)20(18)13-23(22)31-25/h3,6-7,10,12-13,15-16,19H,4-5,8-9,11,14H2,1-2H3,(H,30,31)(H2,28,29,34)/t16-/m0/s1. The minimum absolute atomic E-state index is 0.0909. The van der Waals surface area contributed by atoms with E-state index in [2.05, 4.69) is 51.0 Å². The van der Waals surface area contributed by atoms with Crippen LogP contribution >= 0.6 is 11.3 Å². The maximum Gasteiger partial charge on any atom is 0.261 e. The number of hydrogen-bond donors (Lipinski definition) is 3. The van der Waals surface area contributed by atoms with E-state index < -0.39 is 0 Å². The molecule has 186 valence electrons. The Morgan fingerprint density at radius 1 is 1.22 bits per heavy atom. The zero-order chi connectivity index (χ0) is 24.8. The molecular weight excluding hydrogens is 472 g/mol. The van der Waals surface area contributed by atoms with Crippen molar-refractivity contribution >= 4 is 34.0 Å². The van der Waals surface area contributed by atoms with E-state index in [9.17, 15) is 9.59 Å². The summed E-state index contributed by atoms with van der Waals surface area (Å²) in [6, 6.07) is 8.32. The first-order valence-corrected chi connectivity index (χ1v) is 13.4. The second kappa shape index (κ2) is 9.22. The van der Waals surface area contributed by atoms with Gasteiger partial charge in [0, 0.05) is 30.4 Å². The van der Waals surface area contributed by atoms with E-state index in [1.165, 1.54) is 5.56 Å². The van der Waals surface area contributed by atoms with Gasteiger partial charge in [-0.05, 0) is 92.5 Å². The molecule has 2 aliphatic rings. The lowest BCUT2D eigenvalue weighted by molar-refractivity contribution is 0.0617. The molecule has 1 saturated heterocycles. The Labute approximate surface area is 213 Å². The molecular formula is C27H30N6O2S. The van der Waals surface area contributed by atoms with Gasteiger partial charge in [0.25, 0.3) is 11.5 Å². The number of anilines is 1. The molecule has 2 aliphatic heterocycles. The molecule has 3 aromatic heterocycles. The Hall–Kier alpha value is -3.43. The number of fused-ring (bicyclic) bond motifs is 2. The number of rotatable bonds is 6. The van der Waals surface area contributed by atoms with Crippen LogP contribution < -0.4 is 10.9 Å². The molecule has 1 fully saturated rings. The van der Waals surface area contributed by atoms with Crippen LogP contribution in [0.5, 0.6) is 0 Å². The zero-order valence-electron chi connectivity index (χ0n) is 20.5. The molecule has 0 bridgehead atoms. The van der Waals surface area contributed by atoms with Gasteiger partial charge in [0.1, 0.15) is 11.4 Å². The Morgan fingerprint density at radius 2 is 2.06 bits per heavy atom. The fourth-order valence-electron chi connectivity index (χ4n) is 5.47. The molecule has 0 radical (unpaired) electrons. The molecule has 3 N–H and O–H groups in total. The molecule has 6 rings (SSSR count).